The minimum Gasteiger partial charge on any atom is -0.489 e. The van der Waals surface area contributed by atoms with Crippen molar-refractivity contribution in [2.45, 2.75) is 45.8 Å². The van der Waals surface area contributed by atoms with Gasteiger partial charge in [0.2, 0.25) is 0 Å². The molecular weight excluding hydrogens is 352 g/mol. The van der Waals surface area contributed by atoms with Crippen molar-refractivity contribution in [3.8, 4) is 5.75 Å². The molecule has 1 aromatic carbocycles. The van der Waals surface area contributed by atoms with Gasteiger partial charge in [-0.15, -0.1) is 0 Å². The Hall–Kier alpha value is -3.08. The van der Waals surface area contributed by atoms with Crippen molar-refractivity contribution in [2.75, 3.05) is 0 Å². The van der Waals surface area contributed by atoms with Gasteiger partial charge in [0.05, 0.1) is 6.42 Å². The van der Waals surface area contributed by atoms with Crippen LogP contribution in [-0.4, -0.2) is 20.6 Å². The topological polar surface area (TPSA) is 64.3 Å². The van der Waals surface area contributed by atoms with E-state index in [1.54, 1.807) is 0 Å². The van der Waals surface area contributed by atoms with Gasteiger partial charge in [0.15, 0.2) is 0 Å². The van der Waals surface area contributed by atoms with Crippen molar-refractivity contribution in [1.29, 1.82) is 0 Å². The number of carboxylic acid groups (broad SMARTS) is 1. The summed E-state index contributed by atoms with van der Waals surface area (Å²) in [6.07, 6.45) is 7.75. The molecule has 146 valence electrons. The van der Waals surface area contributed by atoms with E-state index in [9.17, 15) is 4.79 Å². The van der Waals surface area contributed by atoms with Crippen LogP contribution in [0.15, 0.2) is 60.9 Å². The lowest BCUT2D eigenvalue weighted by Crippen LogP contribution is -2.04. The van der Waals surface area contributed by atoms with Gasteiger partial charge in [-0.2, -0.15) is 0 Å². The fourth-order valence-corrected chi connectivity index (χ4v) is 3.35. The molecule has 0 radical (unpaired) electrons. The van der Waals surface area contributed by atoms with Gasteiger partial charge < -0.3 is 14.4 Å². The highest BCUT2D eigenvalue weighted by atomic mass is 16.5. The van der Waals surface area contributed by atoms with Crippen molar-refractivity contribution in [2.24, 2.45) is 0 Å². The number of aromatic nitrogens is 2. The molecule has 28 heavy (non-hydrogen) atoms. The Morgan fingerprint density at radius 2 is 1.96 bits per heavy atom. The molecule has 0 bridgehead atoms. The molecule has 3 aromatic rings. The van der Waals surface area contributed by atoms with Crippen LogP contribution in [0, 0.1) is 0 Å². The third-order valence-corrected chi connectivity index (χ3v) is 4.78. The Morgan fingerprint density at radius 3 is 2.61 bits per heavy atom. The number of hydrogen-bond donors (Lipinski definition) is 1. The molecule has 0 aliphatic rings. The lowest BCUT2D eigenvalue weighted by Gasteiger charge is -2.13. The smallest absolute Gasteiger partial charge is 0.304 e. The van der Waals surface area contributed by atoms with Crippen LogP contribution in [0.2, 0.25) is 0 Å². The van der Waals surface area contributed by atoms with Crippen LogP contribution in [0.1, 0.15) is 50.3 Å². The highest BCUT2D eigenvalue weighted by Gasteiger charge is 2.13. The SMILES string of the molecule is CC=C[C@H](CC(=O)O)c1ccc(OCc2ccnc3c2ccn3C(C)C)cc1. The van der Waals surface area contributed by atoms with Gasteiger partial charge in [0.1, 0.15) is 18.0 Å². The van der Waals surface area contributed by atoms with Crippen molar-refractivity contribution in [1.82, 2.24) is 9.55 Å². The quantitative estimate of drug-likeness (QED) is 0.538. The molecule has 0 fully saturated rings. The normalized spacial score (nSPS) is 12.7. The number of aliphatic carboxylic acids is 1. The molecule has 0 spiro atoms. The molecular formula is C23H26N2O3. The standard InChI is InChI=1S/C23H26N2O3/c1-4-5-18(14-22(26)27)17-6-8-20(9-7-17)28-15-19-10-12-24-23-21(19)11-13-25(23)16(2)3/h4-13,16,18H,14-15H2,1-3H3,(H,26,27)/t18-/m1/s1. The van der Waals surface area contributed by atoms with E-state index in [-0.39, 0.29) is 12.3 Å². The van der Waals surface area contributed by atoms with E-state index in [1.165, 1.54) is 0 Å². The maximum atomic E-state index is 11.1. The molecule has 0 saturated heterocycles. The van der Waals surface area contributed by atoms with E-state index in [1.807, 2.05) is 55.6 Å². The predicted molar refractivity (Wildman–Crippen MR) is 111 cm³/mol. The van der Waals surface area contributed by atoms with Crippen LogP contribution >= 0.6 is 0 Å². The summed E-state index contributed by atoms with van der Waals surface area (Å²) >= 11 is 0. The number of benzene rings is 1. The largest absolute Gasteiger partial charge is 0.489 e. The average Bonchev–Trinajstić information content (AvgIpc) is 3.11. The molecule has 2 heterocycles. The van der Waals surface area contributed by atoms with Crippen LogP contribution < -0.4 is 4.74 Å². The number of carbonyl (C=O) groups is 1. The second-order valence-corrected chi connectivity index (χ2v) is 7.11. The number of rotatable bonds is 8. The zero-order valence-corrected chi connectivity index (χ0v) is 16.5. The lowest BCUT2D eigenvalue weighted by molar-refractivity contribution is -0.137. The maximum Gasteiger partial charge on any atom is 0.304 e. The van der Waals surface area contributed by atoms with E-state index in [4.69, 9.17) is 9.84 Å². The third kappa shape index (κ3) is 4.42. The first kappa shape index (κ1) is 19.7. The summed E-state index contributed by atoms with van der Waals surface area (Å²) in [4.78, 5) is 15.6. The molecule has 3 rings (SSSR count). The van der Waals surface area contributed by atoms with Gasteiger partial charge in [-0.1, -0.05) is 24.3 Å². The first-order valence-electron chi connectivity index (χ1n) is 9.51. The zero-order valence-electron chi connectivity index (χ0n) is 16.5. The summed E-state index contributed by atoms with van der Waals surface area (Å²) in [7, 11) is 0. The monoisotopic (exact) mass is 378 g/mol. The van der Waals surface area contributed by atoms with Gasteiger partial charge in [-0.3, -0.25) is 4.79 Å². The Labute approximate surface area is 165 Å². The fourth-order valence-electron chi connectivity index (χ4n) is 3.35. The highest BCUT2D eigenvalue weighted by molar-refractivity contribution is 5.80. The molecule has 5 heteroatoms. The molecule has 1 N–H and O–H groups in total. The molecule has 0 amide bonds. The molecule has 5 nitrogen and oxygen atoms in total. The zero-order chi connectivity index (χ0) is 20.1. The van der Waals surface area contributed by atoms with Crippen molar-refractivity contribution in [3.05, 3.63) is 72.1 Å². The fraction of sp³-hybridized carbons (Fsp3) is 0.304. The van der Waals surface area contributed by atoms with E-state index in [0.29, 0.717) is 12.6 Å². The second kappa shape index (κ2) is 8.74. The summed E-state index contributed by atoms with van der Waals surface area (Å²) in [5.74, 6) is -0.183. The van der Waals surface area contributed by atoms with Crippen molar-refractivity contribution >= 4 is 17.0 Å². The van der Waals surface area contributed by atoms with E-state index in [2.05, 4.69) is 35.7 Å². The van der Waals surface area contributed by atoms with Crippen LogP contribution in [0.25, 0.3) is 11.0 Å². The summed E-state index contributed by atoms with van der Waals surface area (Å²) in [6.45, 7) is 6.62. The number of hydrogen-bond acceptors (Lipinski definition) is 3. The minimum atomic E-state index is -0.807. The Balaban J connectivity index is 1.73. The van der Waals surface area contributed by atoms with Crippen LogP contribution in [0.5, 0.6) is 5.75 Å². The Kier molecular flexibility index (Phi) is 6.14. The van der Waals surface area contributed by atoms with E-state index < -0.39 is 5.97 Å². The van der Waals surface area contributed by atoms with Crippen LogP contribution in [-0.2, 0) is 11.4 Å². The van der Waals surface area contributed by atoms with E-state index in [0.717, 1.165) is 27.9 Å². The molecule has 0 saturated carbocycles. The van der Waals surface area contributed by atoms with Crippen molar-refractivity contribution < 1.29 is 14.6 Å². The van der Waals surface area contributed by atoms with Crippen molar-refractivity contribution in [3.63, 3.8) is 0 Å². The van der Waals surface area contributed by atoms with E-state index >= 15 is 0 Å². The Bertz CT molecular complexity index is 971. The number of nitrogens with zero attached hydrogens (tertiary/aromatic N) is 2. The first-order valence-corrected chi connectivity index (χ1v) is 9.51. The average molecular weight is 378 g/mol. The van der Waals surface area contributed by atoms with Gasteiger partial charge in [0, 0.05) is 35.3 Å². The summed E-state index contributed by atoms with van der Waals surface area (Å²) in [6, 6.07) is 12.1. The number of carboxylic acids is 1. The maximum absolute atomic E-state index is 11.1. The molecule has 0 aliphatic carbocycles. The molecule has 0 aliphatic heterocycles. The minimum absolute atomic E-state index is 0.0758. The van der Waals surface area contributed by atoms with Crippen LogP contribution in [0.3, 0.4) is 0 Å². The second-order valence-electron chi connectivity index (χ2n) is 7.11. The van der Waals surface area contributed by atoms with Gasteiger partial charge >= 0.3 is 5.97 Å². The summed E-state index contributed by atoms with van der Waals surface area (Å²) < 4.78 is 8.12. The number of ether oxygens (including phenoxy) is 1. The lowest BCUT2D eigenvalue weighted by atomic mass is 9.95. The number of fused-ring (bicyclic) bond motifs is 1. The third-order valence-electron chi connectivity index (χ3n) is 4.78. The number of allylic oxidation sites excluding steroid dienone is 2. The Morgan fingerprint density at radius 1 is 1.21 bits per heavy atom. The summed E-state index contributed by atoms with van der Waals surface area (Å²) in [5, 5.41) is 10.2. The molecule has 1 atom stereocenters. The van der Waals surface area contributed by atoms with Gasteiger partial charge in [0.25, 0.3) is 0 Å². The summed E-state index contributed by atoms with van der Waals surface area (Å²) in [5.41, 5.74) is 3.02. The predicted octanol–water partition coefficient (Wildman–Crippen LogP) is 5.33. The van der Waals surface area contributed by atoms with Gasteiger partial charge in [-0.25, -0.2) is 4.98 Å². The van der Waals surface area contributed by atoms with Crippen LogP contribution in [0.4, 0.5) is 0 Å². The molecule has 2 aromatic heterocycles. The number of pyridine rings is 1. The highest BCUT2D eigenvalue weighted by Crippen LogP contribution is 2.26. The first-order chi connectivity index (χ1) is 13.5. The molecule has 0 unspecified atom stereocenters. The van der Waals surface area contributed by atoms with Gasteiger partial charge in [-0.05, 0) is 50.6 Å².